The zero-order valence-corrected chi connectivity index (χ0v) is 33.6. The third-order valence-electron chi connectivity index (χ3n) is 10.7. The number of nitrogens with zero attached hydrogens (tertiary/aromatic N) is 1. The number of benzene rings is 4. The van der Waals surface area contributed by atoms with Gasteiger partial charge in [0.25, 0.3) is 0 Å². The molecule has 5 aromatic rings. The molecule has 1 N–H and O–H groups in total. The van der Waals surface area contributed by atoms with Crippen LogP contribution in [0.3, 0.4) is 0 Å². The molecular weight excluding hydrogens is 791 g/mol. The minimum absolute atomic E-state index is 0. The van der Waals surface area contributed by atoms with Crippen LogP contribution in [0.1, 0.15) is 95.0 Å². The van der Waals surface area contributed by atoms with Crippen molar-refractivity contribution in [3.8, 4) is 33.5 Å². The second-order valence-electron chi connectivity index (χ2n) is 14.0. The van der Waals surface area contributed by atoms with E-state index in [1.165, 1.54) is 56.0 Å². The van der Waals surface area contributed by atoms with E-state index >= 15 is 0 Å². The Hall–Kier alpha value is -3.85. The van der Waals surface area contributed by atoms with Crippen LogP contribution in [0.4, 0.5) is 0 Å². The molecule has 1 aliphatic rings. The van der Waals surface area contributed by atoms with E-state index in [0.717, 1.165) is 48.0 Å². The maximum Gasteiger partial charge on any atom is 0.161 e. The van der Waals surface area contributed by atoms with Gasteiger partial charge in [0.05, 0.1) is 11.3 Å². The first-order valence-electron chi connectivity index (χ1n) is 18.1. The van der Waals surface area contributed by atoms with Crippen molar-refractivity contribution >= 4 is 16.7 Å². The van der Waals surface area contributed by atoms with Crippen LogP contribution in [0.5, 0.6) is 0 Å². The summed E-state index contributed by atoms with van der Waals surface area (Å²) in [6, 6.07) is 32.8. The summed E-state index contributed by atoms with van der Waals surface area (Å²) in [5.41, 5.74) is 14.9. The fourth-order valence-electron chi connectivity index (χ4n) is 7.25. The van der Waals surface area contributed by atoms with Gasteiger partial charge in [0.2, 0.25) is 0 Å². The van der Waals surface area contributed by atoms with Crippen LogP contribution in [0, 0.1) is 38.7 Å². The number of aryl methyl sites for hydroxylation is 3. The number of fused-ring (bicyclic) bond motifs is 4. The van der Waals surface area contributed by atoms with E-state index in [9.17, 15) is 9.90 Å². The van der Waals surface area contributed by atoms with Crippen molar-refractivity contribution in [2.75, 3.05) is 0 Å². The maximum atomic E-state index is 11.4. The summed E-state index contributed by atoms with van der Waals surface area (Å²) in [5, 5.41) is 10.7. The number of ketones is 1. The zero-order valence-electron chi connectivity index (χ0n) is 31.2. The Morgan fingerprint density at radius 2 is 1.48 bits per heavy atom. The molecule has 0 amide bonds. The summed E-state index contributed by atoms with van der Waals surface area (Å²) in [7, 11) is 0. The monoisotopic (exact) mass is 843 g/mol. The van der Waals surface area contributed by atoms with Gasteiger partial charge in [-0.3, -0.25) is 9.78 Å². The van der Waals surface area contributed by atoms with E-state index < -0.39 is 0 Å². The summed E-state index contributed by atoms with van der Waals surface area (Å²) in [4.78, 5) is 16.6. The van der Waals surface area contributed by atoms with E-state index in [4.69, 9.17) is 4.98 Å². The van der Waals surface area contributed by atoms with Gasteiger partial charge in [0.15, 0.2) is 5.78 Å². The molecular formula is C46H52IrNO2-. The van der Waals surface area contributed by atoms with Gasteiger partial charge in [0.1, 0.15) is 0 Å². The fraction of sp³-hybridized carbons (Fsp3) is 0.348. The van der Waals surface area contributed by atoms with Crippen molar-refractivity contribution < 1.29 is 30.0 Å². The number of rotatable bonds is 9. The Labute approximate surface area is 313 Å². The van der Waals surface area contributed by atoms with E-state index in [2.05, 4.69) is 120 Å². The van der Waals surface area contributed by atoms with Gasteiger partial charge >= 0.3 is 0 Å². The molecule has 0 aliphatic heterocycles. The molecule has 0 saturated carbocycles. The quantitative estimate of drug-likeness (QED) is 0.0914. The normalized spacial score (nSPS) is 14.1. The Balaban J connectivity index is 0.000000345. The Kier molecular flexibility index (Phi) is 12.8. The molecule has 0 bridgehead atoms. The van der Waals surface area contributed by atoms with Gasteiger partial charge in [-0.2, -0.15) is 0 Å². The minimum Gasteiger partial charge on any atom is -0.512 e. The number of carbonyl (C=O) groups excluding carboxylic acids is 1. The third-order valence-corrected chi connectivity index (χ3v) is 10.7. The Morgan fingerprint density at radius 1 is 0.780 bits per heavy atom. The summed E-state index contributed by atoms with van der Waals surface area (Å²) in [5.74, 6) is 0.354. The van der Waals surface area contributed by atoms with Crippen LogP contribution in [0.25, 0.3) is 44.4 Å². The predicted molar refractivity (Wildman–Crippen MR) is 207 cm³/mol. The molecule has 4 aromatic carbocycles. The van der Waals surface area contributed by atoms with Crippen LogP contribution in [0.15, 0.2) is 90.7 Å². The molecule has 6 rings (SSSR count). The number of allylic oxidation sites excluding steroid dienone is 2. The van der Waals surface area contributed by atoms with Gasteiger partial charge < -0.3 is 5.11 Å². The standard InChI is InChI=1S/C35H32N.C11H20O2.Ir/c1-6-35(7-2)31-14-9-8-13-27(31)29-19-30-28(25-12-10-11-22(3)16-25)20-33(36-34(30)21-32(29)35)26-17-23(4)15-24(5)18-26;1-5-8(3)10(12)7-11(13)9(4)6-2;/h8-17,19-21H,6-7H2,1-5H3;7-9,12H,5-6H2,1-4H3;/q-1;;/b;10-7-;. The van der Waals surface area contributed by atoms with Crippen LogP contribution < -0.4 is 0 Å². The first-order valence-corrected chi connectivity index (χ1v) is 18.1. The molecule has 0 fully saturated rings. The fourth-order valence-corrected chi connectivity index (χ4v) is 7.25. The molecule has 1 aliphatic carbocycles. The van der Waals surface area contributed by atoms with Gasteiger partial charge in [-0.05, 0) is 83.8 Å². The maximum absolute atomic E-state index is 11.4. The summed E-state index contributed by atoms with van der Waals surface area (Å²) >= 11 is 0. The van der Waals surface area contributed by atoms with E-state index in [-0.39, 0.29) is 48.9 Å². The molecule has 2 atom stereocenters. The number of aromatic nitrogens is 1. The van der Waals surface area contributed by atoms with Crippen molar-refractivity contribution in [1.29, 1.82) is 0 Å². The molecule has 4 heteroatoms. The van der Waals surface area contributed by atoms with Gasteiger partial charge in [0, 0.05) is 48.8 Å². The largest absolute Gasteiger partial charge is 0.512 e. The van der Waals surface area contributed by atoms with Crippen molar-refractivity contribution in [1.82, 2.24) is 4.98 Å². The summed E-state index contributed by atoms with van der Waals surface area (Å²) in [6.45, 7) is 18.8. The van der Waals surface area contributed by atoms with Gasteiger partial charge in [-0.1, -0.05) is 116 Å². The summed E-state index contributed by atoms with van der Waals surface area (Å²) in [6.07, 6.45) is 5.21. The second kappa shape index (κ2) is 16.4. The molecule has 1 aromatic heterocycles. The Morgan fingerprint density at radius 3 is 2.12 bits per heavy atom. The van der Waals surface area contributed by atoms with Crippen molar-refractivity contribution in [2.24, 2.45) is 11.8 Å². The second-order valence-corrected chi connectivity index (χ2v) is 14.0. The number of hydrogen-bond acceptors (Lipinski definition) is 3. The first-order chi connectivity index (χ1) is 23.5. The van der Waals surface area contributed by atoms with E-state index in [1.807, 2.05) is 27.7 Å². The van der Waals surface area contributed by atoms with Crippen LogP contribution in [0.2, 0.25) is 0 Å². The molecule has 2 unspecified atom stereocenters. The number of hydrogen-bond donors (Lipinski definition) is 1. The SMILES string of the molecule is CCC(C)C(=O)/C=C(\O)C(C)CC.CCC1(CC)c2ccccc2-c2cc3c(-c4cccc(C)c4)cc(-c4[c-]c(C)cc(C)c4)nc3cc21.[Ir]. The number of pyridine rings is 1. The number of aliphatic hydroxyl groups excluding tert-OH is 1. The zero-order chi connectivity index (χ0) is 35.5. The van der Waals surface area contributed by atoms with Crippen molar-refractivity contribution in [3.05, 3.63) is 125 Å². The molecule has 263 valence electrons. The van der Waals surface area contributed by atoms with Crippen LogP contribution >= 0.6 is 0 Å². The van der Waals surface area contributed by atoms with Crippen molar-refractivity contribution in [3.63, 3.8) is 0 Å². The van der Waals surface area contributed by atoms with Gasteiger partial charge in [-0.25, -0.2) is 0 Å². The topological polar surface area (TPSA) is 50.2 Å². The Bertz CT molecular complexity index is 2000. The van der Waals surface area contributed by atoms with E-state index in [0.29, 0.717) is 0 Å². The molecule has 1 radical (unpaired) electrons. The smallest absolute Gasteiger partial charge is 0.161 e. The molecule has 3 nitrogen and oxygen atoms in total. The first kappa shape index (κ1) is 38.9. The summed E-state index contributed by atoms with van der Waals surface area (Å²) < 4.78 is 0. The molecule has 0 saturated heterocycles. The molecule has 1 heterocycles. The number of aliphatic hydroxyl groups is 1. The third kappa shape index (κ3) is 7.73. The minimum atomic E-state index is 0. The average molecular weight is 843 g/mol. The van der Waals surface area contributed by atoms with Crippen LogP contribution in [-0.2, 0) is 30.3 Å². The molecule has 0 spiro atoms. The average Bonchev–Trinajstić information content (AvgIpc) is 3.38. The van der Waals surface area contributed by atoms with Crippen molar-refractivity contribution in [2.45, 2.75) is 93.4 Å². The number of carbonyl (C=O) groups is 1. The molecule has 50 heavy (non-hydrogen) atoms. The van der Waals surface area contributed by atoms with Gasteiger partial charge in [-0.15, -0.1) is 34.9 Å². The van der Waals surface area contributed by atoms with E-state index in [1.54, 1.807) is 0 Å². The van der Waals surface area contributed by atoms with Crippen LogP contribution in [-0.4, -0.2) is 15.9 Å². The predicted octanol–water partition coefficient (Wildman–Crippen LogP) is 12.5.